The predicted octanol–water partition coefficient (Wildman–Crippen LogP) is 2.32. The Bertz CT molecular complexity index is 4890. The summed E-state index contributed by atoms with van der Waals surface area (Å²) in [5.41, 5.74) is 0.0330. The Morgan fingerprint density at radius 1 is 0.301 bits per heavy atom. The lowest BCUT2D eigenvalue weighted by molar-refractivity contribution is -0.423. The molecule has 0 spiro atoms. The summed E-state index contributed by atoms with van der Waals surface area (Å²) in [5.74, 6) is -25.4. The highest BCUT2D eigenvalue weighted by Crippen LogP contribution is 2.46. The molecule has 3 aromatic rings. The van der Waals surface area contributed by atoms with E-state index in [1.54, 1.807) is 0 Å². The van der Waals surface area contributed by atoms with Crippen molar-refractivity contribution in [2.45, 2.75) is 258 Å². The number of rotatable bonds is 39. The molecule has 5 saturated heterocycles. The van der Waals surface area contributed by atoms with Crippen LogP contribution >= 0.6 is 0 Å². The van der Waals surface area contributed by atoms with Crippen LogP contribution in [0, 0.1) is 0 Å². The Morgan fingerprint density at radius 3 is 1.07 bits per heavy atom. The Morgan fingerprint density at radius 2 is 0.654 bits per heavy atom. The molecule has 24 atom stereocenters. The van der Waals surface area contributed by atoms with E-state index in [0.717, 1.165) is 135 Å². The zero-order chi connectivity index (χ0) is 100. The van der Waals surface area contributed by atoms with Gasteiger partial charge in [0.05, 0.1) is 12.7 Å². The Labute approximate surface area is 774 Å². The average molecular weight is 1930 g/mol. The molecular formula is C88H102O48. The summed E-state index contributed by atoms with van der Waals surface area (Å²) in [4.78, 5) is 257. The highest BCUT2D eigenvalue weighted by Gasteiger charge is 2.67. The third kappa shape index (κ3) is 31.8. The van der Waals surface area contributed by atoms with Crippen LogP contribution < -0.4 is 14.2 Å². The summed E-state index contributed by atoms with van der Waals surface area (Å²) in [5, 5.41) is 0. The number of hydrogen-bond acceptors (Lipinski definition) is 48. The van der Waals surface area contributed by atoms with Crippen molar-refractivity contribution in [3.8, 4) is 17.2 Å². The molecule has 8 rings (SSSR count). The van der Waals surface area contributed by atoms with E-state index < -0.39 is 300 Å². The summed E-state index contributed by atoms with van der Waals surface area (Å²) in [6, 6.07) is 16.1. The Balaban J connectivity index is 1.51. The maximum Gasteiger partial charge on any atom is 0.338 e. The molecule has 742 valence electrons. The Kier molecular flexibility index (Phi) is 39.8. The maximum atomic E-state index is 15.4. The molecule has 0 bridgehead atoms. The number of carbonyl (C=O) groups excluding carboxylic acids is 19. The lowest BCUT2D eigenvalue weighted by Gasteiger charge is -2.52. The maximum absolute atomic E-state index is 15.4. The van der Waals surface area contributed by atoms with Gasteiger partial charge in [-0.1, -0.05) is 36.4 Å². The van der Waals surface area contributed by atoms with Crippen LogP contribution in [0.4, 0.5) is 0 Å². The predicted molar refractivity (Wildman–Crippen MR) is 438 cm³/mol. The first-order valence-electron chi connectivity index (χ1n) is 41.5. The molecule has 0 radical (unpaired) electrons. The van der Waals surface area contributed by atoms with Crippen molar-refractivity contribution >= 4 is 126 Å². The second kappa shape index (κ2) is 50.2. The summed E-state index contributed by atoms with van der Waals surface area (Å²) in [7, 11) is 1.23. The van der Waals surface area contributed by atoms with Crippen LogP contribution in [0.5, 0.6) is 17.2 Å². The van der Waals surface area contributed by atoms with Gasteiger partial charge < -0.3 is 137 Å². The molecular weight excluding hydrogens is 1820 g/mol. The van der Waals surface area contributed by atoms with Gasteiger partial charge in [-0.3, -0.25) is 76.7 Å². The van der Waals surface area contributed by atoms with E-state index >= 15 is 9.59 Å². The topological polar surface area (TPSA) is 592 Å². The molecule has 3 aromatic carbocycles. The van der Waals surface area contributed by atoms with E-state index in [1.807, 2.05) is 0 Å². The molecule has 5 aliphatic rings. The lowest BCUT2D eigenvalue weighted by Crippen LogP contribution is -2.70. The molecule has 48 nitrogen and oxygen atoms in total. The molecule has 5 aliphatic heterocycles. The normalized spacial score (nSPS) is 27.8. The monoisotopic (exact) mass is 1930 g/mol. The highest BCUT2D eigenvalue weighted by atomic mass is 16.9. The SMILES string of the molecule is COc1cc(/C=C/C(=O)OC[C@@]2(O[C@H]3O[C@H](COC(C)=O)[C@@H](OC(=O)/C=C/c4ccc(OC(C)=O)cc4)[C@H](O[C@@H]4O[C@H](COC(C)=O)[C@@H](O[C@@H]5O[C@H](COC(C)=O)[C@@H](OC(C)=O)[C@H](OC(C)=O)[C@H]5OC(C)=O)[C@H](OC(C)=O)[C@H]4OC(C)=O)[C@H]3O[C@@H]3O[C@H](COC(C)=O)[C@@H](OC(C)=O)[C@H](OC(C)=O)[C@H]3OC(C)=O)O[C@H](COC(C)=O)[C@@H](OC(C)=O)[C@@H]2OC(=O)c2ccccc2)ccc1OC(C)=O. The minimum atomic E-state index is -3.34. The van der Waals surface area contributed by atoms with E-state index in [1.165, 1.54) is 79.9 Å². The number of esters is 19. The zero-order valence-electron chi connectivity index (χ0n) is 76.4. The van der Waals surface area contributed by atoms with Gasteiger partial charge in [0.1, 0.15) is 94.2 Å². The van der Waals surface area contributed by atoms with E-state index in [-0.39, 0.29) is 33.9 Å². The van der Waals surface area contributed by atoms with Gasteiger partial charge in [-0.25, -0.2) is 14.4 Å². The van der Waals surface area contributed by atoms with Crippen LogP contribution in [0.15, 0.2) is 84.9 Å². The molecule has 5 heterocycles. The van der Waals surface area contributed by atoms with Gasteiger partial charge in [0.15, 0.2) is 104 Å². The molecule has 0 aliphatic carbocycles. The summed E-state index contributed by atoms with van der Waals surface area (Å²) in [6.45, 7) is 7.58. The number of carbonyl (C=O) groups is 19. The van der Waals surface area contributed by atoms with E-state index in [9.17, 15) is 81.5 Å². The molecule has 0 amide bonds. The van der Waals surface area contributed by atoms with Crippen molar-refractivity contribution in [2.24, 2.45) is 0 Å². The molecule has 136 heavy (non-hydrogen) atoms. The summed E-state index contributed by atoms with van der Waals surface area (Å²) >= 11 is 0. The number of ether oxygens (including phenoxy) is 29. The smallest absolute Gasteiger partial charge is 0.338 e. The van der Waals surface area contributed by atoms with Crippen molar-refractivity contribution in [2.75, 3.05) is 46.8 Å². The molecule has 0 unspecified atom stereocenters. The quantitative estimate of drug-likeness (QED) is 0.0342. The van der Waals surface area contributed by atoms with Gasteiger partial charge in [0.25, 0.3) is 0 Å². The molecule has 0 saturated carbocycles. The minimum absolute atomic E-state index is 0.0272. The zero-order valence-corrected chi connectivity index (χ0v) is 76.4. The second-order valence-corrected chi connectivity index (χ2v) is 30.3. The van der Waals surface area contributed by atoms with E-state index in [4.69, 9.17) is 137 Å². The first-order chi connectivity index (χ1) is 64.2. The van der Waals surface area contributed by atoms with Crippen molar-refractivity contribution in [1.82, 2.24) is 0 Å². The highest BCUT2D eigenvalue weighted by molar-refractivity contribution is 5.90. The van der Waals surface area contributed by atoms with Gasteiger partial charge in [-0.15, -0.1) is 0 Å². The van der Waals surface area contributed by atoms with Crippen molar-refractivity contribution < 1.29 is 228 Å². The number of methoxy groups -OCH3 is 1. The molecule has 0 N–H and O–H groups in total. The van der Waals surface area contributed by atoms with Crippen LogP contribution in [-0.2, 0) is 209 Å². The first kappa shape index (κ1) is 108. The largest absolute Gasteiger partial charge is 0.493 e. The molecule has 48 heteroatoms. The third-order valence-corrected chi connectivity index (χ3v) is 19.3. The molecule has 5 fully saturated rings. The van der Waals surface area contributed by atoms with Gasteiger partial charge in [0, 0.05) is 123 Å². The lowest BCUT2D eigenvalue weighted by atomic mass is 9.94. The van der Waals surface area contributed by atoms with Gasteiger partial charge in [-0.2, -0.15) is 0 Å². The second-order valence-electron chi connectivity index (χ2n) is 30.3. The van der Waals surface area contributed by atoms with Gasteiger partial charge in [0.2, 0.25) is 5.79 Å². The van der Waals surface area contributed by atoms with Crippen molar-refractivity contribution in [3.63, 3.8) is 0 Å². The fourth-order valence-corrected chi connectivity index (χ4v) is 14.3. The Hall–Kier alpha value is -13.5. The number of benzene rings is 3. The third-order valence-electron chi connectivity index (χ3n) is 19.3. The van der Waals surface area contributed by atoms with Crippen LogP contribution in [-0.4, -0.2) is 307 Å². The van der Waals surface area contributed by atoms with Crippen LogP contribution in [0.2, 0.25) is 0 Å². The standard InChI is InChI=1S/C88H102O48/c1-40(89)109-34-62-69(117-47(8)96)74(120-50(11)99)78(123-53(14)102)84(126-62)131-72-65(37-112-43(4)92)128-85(80(125-55(16)104)76(72)122-52(13)101)132-77-71(130-68(106)32-26-56-23-28-59(29-24-56)115-45(6)94)64(36-111-42(3)91)129-87(81(77)133-86-79(124-54(15)103)75(121-51(12)100)70(118-48(9)97)63(127-86)35-110-41(2)90)136-88(39-114-67(105)31-27-57-25-30-60(116-46(7)95)61(33-57)108-17)82(134-83(107)58-21-19-18-20-22-58)73(119-49(10)98)66(135-88)38-113-44(5)93/h18-33,62-66,69-82,84-87H,34-39H2,1-17H3/b31-27+,32-26+/t62-,63-,64-,65-,66-,69-,70-,71-,72-,73-,74+,75+,76+,77+,78-,79-,80-,81-,82+,84+,85+,86+,87-,88+/m1/s1. The van der Waals surface area contributed by atoms with Crippen LogP contribution in [0.1, 0.15) is 132 Å². The fraction of sp³-hybridized carbons (Fsp3) is 0.534. The average Bonchev–Trinajstić information content (AvgIpc) is 1.54. The van der Waals surface area contributed by atoms with Crippen LogP contribution in [0.25, 0.3) is 12.2 Å². The minimum Gasteiger partial charge on any atom is -0.493 e. The van der Waals surface area contributed by atoms with Crippen molar-refractivity contribution in [1.29, 1.82) is 0 Å². The summed E-state index contributed by atoms with van der Waals surface area (Å²) in [6.07, 6.45) is -49.7. The van der Waals surface area contributed by atoms with Crippen LogP contribution in [0.3, 0.4) is 0 Å². The van der Waals surface area contributed by atoms with Gasteiger partial charge in [-0.05, 0) is 59.7 Å². The van der Waals surface area contributed by atoms with E-state index in [2.05, 4.69) is 0 Å². The van der Waals surface area contributed by atoms with Crippen molar-refractivity contribution in [3.05, 3.63) is 102 Å². The number of hydrogen-bond donors (Lipinski definition) is 0. The molecule has 0 aromatic heterocycles. The fourth-order valence-electron chi connectivity index (χ4n) is 14.3. The summed E-state index contributed by atoms with van der Waals surface area (Å²) < 4.78 is 176. The first-order valence-corrected chi connectivity index (χ1v) is 41.5. The van der Waals surface area contributed by atoms with Gasteiger partial charge >= 0.3 is 113 Å². The van der Waals surface area contributed by atoms with E-state index in [0.29, 0.717) is 0 Å².